The molecule has 0 aliphatic carbocycles. The molecule has 0 saturated carbocycles. The molecule has 2 aromatic carbocycles. The van der Waals surface area contributed by atoms with E-state index in [9.17, 15) is 10.1 Å². The number of benzene rings is 2. The molecule has 0 aromatic heterocycles. The Balaban J connectivity index is 2.31. The lowest BCUT2D eigenvalue weighted by Gasteiger charge is -2.10. The van der Waals surface area contributed by atoms with Crippen molar-refractivity contribution in [2.45, 2.75) is 0 Å². The van der Waals surface area contributed by atoms with Gasteiger partial charge in [0.15, 0.2) is 11.5 Å². The summed E-state index contributed by atoms with van der Waals surface area (Å²) in [6.07, 6.45) is 1.45. The second-order valence-corrected chi connectivity index (χ2v) is 5.15. The first-order valence-electron chi connectivity index (χ1n) is 6.98. The third kappa shape index (κ3) is 4.06. The topological polar surface area (TPSA) is 71.3 Å². The lowest BCUT2D eigenvalue weighted by molar-refractivity contribution is -0.112. The molecule has 2 rings (SSSR count). The Labute approximate surface area is 145 Å². The highest BCUT2D eigenvalue weighted by atomic mass is 35.5. The number of anilines is 1. The third-order valence-electron chi connectivity index (χ3n) is 3.20. The van der Waals surface area contributed by atoms with Crippen LogP contribution in [0.4, 0.5) is 5.69 Å². The van der Waals surface area contributed by atoms with Gasteiger partial charge >= 0.3 is 0 Å². The Morgan fingerprint density at radius 3 is 2.46 bits per heavy atom. The number of rotatable bonds is 5. The van der Waals surface area contributed by atoms with Crippen LogP contribution in [0, 0.1) is 11.3 Å². The standard InChI is InChI=1S/C18H15ClN2O3/c1-23-16-5-3-4-12(17(16)24-2)10-13(11-20)18(22)21-15-8-6-14(19)7-9-15/h3-10H,1-2H3,(H,21,22). The number of ether oxygens (including phenoxy) is 2. The lowest BCUT2D eigenvalue weighted by atomic mass is 10.1. The van der Waals surface area contributed by atoms with Crippen molar-refractivity contribution in [3.8, 4) is 17.6 Å². The molecule has 6 heteroatoms. The molecule has 0 aliphatic heterocycles. The molecule has 0 bridgehead atoms. The molecule has 0 heterocycles. The van der Waals surface area contributed by atoms with Crippen molar-refractivity contribution in [2.24, 2.45) is 0 Å². The lowest BCUT2D eigenvalue weighted by Crippen LogP contribution is -2.13. The number of hydrogen-bond acceptors (Lipinski definition) is 4. The summed E-state index contributed by atoms with van der Waals surface area (Å²) in [4.78, 5) is 12.3. The molecular weight excluding hydrogens is 328 g/mol. The molecular formula is C18H15ClN2O3. The third-order valence-corrected chi connectivity index (χ3v) is 3.45. The minimum absolute atomic E-state index is 0.0588. The van der Waals surface area contributed by atoms with E-state index >= 15 is 0 Å². The number of para-hydroxylation sites is 1. The monoisotopic (exact) mass is 342 g/mol. The molecule has 1 amide bonds. The minimum atomic E-state index is -0.523. The quantitative estimate of drug-likeness (QED) is 0.660. The van der Waals surface area contributed by atoms with Gasteiger partial charge in [-0.2, -0.15) is 5.26 Å². The van der Waals surface area contributed by atoms with E-state index in [0.717, 1.165) is 0 Å². The number of nitriles is 1. The van der Waals surface area contributed by atoms with Gasteiger partial charge in [-0.1, -0.05) is 23.7 Å². The predicted molar refractivity (Wildman–Crippen MR) is 93.2 cm³/mol. The maximum atomic E-state index is 12.3. The zero-order chi connectivity index (χ0) is 17.5. The van der Waals surface area contributed by atoms with Crippen LogP contribution in [0.1, 0.15) is 5.56 Å². The van der Waals surface area contributed by atoms with Crippen molar-refractivity contribution in [2.75, 3.05) is 19.5 Å². The van der Waals surface area contributed by atoms with Crippen LogP contribution in [0.2, 0.25) is 5.02 Å². The fourth-order valence-corrected chi connectivity index (χ4v) is 2.19. The van der Waals surface area contributed by atoms with Crippen LogP contribution >= 0.6 is 11.6 Å². The largest absolute Gasteiger partial charge is 0.493 e. The van der Waals surface area contributed by atoms with Gasteiger partial charge in [-0.3, -0.25) is 4.79 Å². The van der Waals surface area contributed by atoms with Crippen LogP contribution in [0.5, 0.6) is 11.5 Å². The molecule has 5 nitrogen and oxygen atoms in total. The smallest absolute Gasteiger partial charge is 0.266 e. The number of halogens is 1. The SMILES string of the molecule is COc1cccc(C=C(C#N)C(=O)Nc2ccc(Cl)cc2)c1OC. The average Bonchev–Trinajstić information content (AvgIpc) is 2.60. The summed E-state index contributed by atoms with van der Waals surface area (Å²) >= 11 is 5.81. The van der Waals surface area contributed by atoms with Crippen LogP contribution in [-0.4, -0.2) is 20.1 Å². The van der Waals surface area contributed by atoms with Gasteiger partial charge < -0.3 is 14.8 Å². The molecule has 0 fully saturated rings. The molecule has 0 spiro atoms. The highest BCUT2D eigenvalue weighted by Crippen LogP contribution is 2.32. The molecule has 1 N–H and O–H groups in total. The van der Waals surface area contributed by atoms with E-state index in [1.54, 1.807) is 42.5 Å². The highest BCUT2D eigenvalue weighted by Gasteiger charge is 2.13. The number of methoxy groups -OCH3 is 2. The Hall–Kier alpha value is -2.97. The fraction of sp³-hybridized carbons (Fsp3) is 0.111. The van der Waals surface area contributed by atoms with Gasteiger partial charge in [-0.15, -0.1) is 0 Å². The van der Waals surface area contributed by atoms with E-state index in [4.69, 9.17) is 21.1 Å². The first-order valence-corrected chi connectivity index (χ1v) is 7.36. The molecule has 2 aromatic rings. The van der Waals surface area contributed by atoms with E-state index in [-0.39, 0.29) is 5.57 Å². The number of carbonyl (C=O) groups excluding carboxylic acids is 1. The van der Waals surface area contributed by atoms with Gasteiger partial charge in [0.2, 0.25) is 0 Å². The molecule has 0 aliphatic rings. The number of nitrogens with one attached hydrogen (secondary N) is 1. The first-order chi connectivity index (χ1) is 11.6. The van der Waals surface area contributed by atoms with Crippen molar-refractivity contribution in [3.63, 3.8) is 0 Å². The minimum Gasteiger partial charge on any atom is -0.493 e. The molecule has 0 unspecified atom stereocenters. The van der Waals surface area contributed by atoms with E-state index in [2.05, 4.69) is 5.32 Å². The van der Waals surface area contributed by atoms with Gasteiger partial charge in [-0.25, -0.2) is 0 Å². The van der Waals surface area contributed by atoms with Crippen LogP contribution in [0.25, 0.3) is 6.08 Å². The summed E-state index contributed by atoms with van der Waals surface area (Å²) in [5.41, 5.74) is 1.05. The van der Waals surface area contributed by atoms with Gasteiger partial charge in [0, 0.05) is 16.3 Å². The van der Waals surface area contributed by atoms with Gasteiger partial charge in [0.25, 0.3) is 5.91 Å². The molecule has 0 saturated heterocycles. The Bertz CT molecular complexity index is 808. The Morgan fingerprint density at radius 2 is 1.88 bits per heavy atom. The zero-order valence-electron chi connectivity index (χ0n) is 13.2. The summed E-state index contributed by atoms with van der Waals surface area (Å²) in [6, 6.07) is 13.7. The second kappa shape index (κ2) is 8.04. The summed E-state index contributed by atoms with van der Waals surface area (Å²) in [7, 11) is 3.01. The maximum Gasteiger partial charge on any atom is 0.266 e. The van der Waals surface area contributed by atoms with Crippen molar-refractivity contribution < 1.29 is 14.3 Å². The van der Waals surface area contributed by atoms with Gasteiger partial charge in [-0.05, 0) is 36.4 Å². The van der Waals surface area contributed by atoms with Crippen LogP contribution < -0.4 is 14.8 Å². The Kier molecular flexibility index (Phi) is 5.83. The van der Waals surface area contributed by atoms with E-state index in [1.807, 2.05) is 6.07 Å². The summed E-state index contributed by atoms with van der Waals surface area (Å²) in [6.45, 7) is 0. The number of carbonyl (C=O) groups is 1. The molecule has 0 atom stereocenters. The van der Waals surface area contributed by atoms with Crippen LogP contribution in [0.15, 0.2) is 48.0 Å². The van der Waals surface area contributed by atoms with Crippen LogP contribution in [0.3, 0.4) is 0 Å². The van der Waals surface area contributed by atoms with Crippen molar-refractivity contribution in [1.29, 1.82) is 5.26 Å². The highest BCUT2D eigenvalue weighted by molar-refractivity contribution is 6.30. The summed E-state index contributed by atoms with van der Waals surface area (Å²) in [5, 5.41) is 12.5. The number of hydrogen-bond donors (Lipinski definition) is 1. The molecule has 24 heavy (non-hydrogen) atoms. The summed E-state index contributed by atoms with van der Waals surface area (Å²) in [5.74, 6) is 0.443. The normalized spacial score (nSPS) is 10.7. The van der Waals surface area contributed by atoms with E-state index in [1.165, 1.54) is 20.3 Å². The number of nitrogens with zero attached hydrogens (tertiary/aromatic N) is 1. The van der Waals surface area contributed by atoms with E-state index < -0.39 is 5.91 Å². The zero-order valence-corrected chi connectivity index (χ0v) is 13.9. The van der Waals surface area contributed by atoms with Gasteiger partial charge in [0.1, 0.15) is 11.6 Å². The predicted octanol–water partition coefficient (Wildman–Crippen LogP) is 3.90. The number of amides is 1. The van der Waals surface area contributed by atoms with Crippen molar-refractivity contribution >= 4 is 29.3 Å². The Morgan fingerprint density at radius 1 is 1.17 bits per heavy atom. The first kappa shape index (κ1) is 17.4. The van der Waals surface area contributed by atoms with Gasteiger partial charge in [0.05, 0.1) is 14.2 Å². The average molecular weight is 343 g/mol. The van der Waals surface area contributed by atoms with Crippen molar-refractivity contribution in [1.82, 2.24) is 0 Å². The summed E-state index contributed by atoms with van der Waals surface area (Å²) < 4.78 is 10.5. The second-order valence-electron chi connectivity index (χ2n) is 4.71. The maximum absolute atomic E-state index is 12.3. The van der Waals surface area contributed by atoms with Crippen LogP contribution in [-0.2, 0) is 4.79 Å². The fourth-order valence-electron chi connectivity index (χ4n) is 2.06. The van der Waals surface area contributed by atoms with E-state index in [0.29, 0.717) is 27.8 Å². The molecule has 0 radical (unpaired) electrons. The van der Waals surface area contributed by atoms with Crippen molar-refractivity contribution in [3.05, 3.63) is 58.6 Å². The molecule has 122 valence electrons.